The Morgan fingerprint density at radius 2 is 1.84 bits per heavy atom. The molecule has 0 saturated carbocycles. The minimum atomic E-state index is -0.347. The number of aryl methyl sites for hydroxylation is 2. The summed E-state index contributed by atoms with van der Waals surface area (Å²) in [5.41, 5.74) is 4.09. The van der Waals surface area contributed by atoms with Gasteiger partial charge in [-0.3, -0.25) is 14.6 Å². The molecule has 2 amide bonds. The molecule has 0 aliphatic rings. The zero-order valence-electron chi connectivity index (χ0n) is 17.8. The van der Waals surface area contributed by atoms with Gasteiger partial charge in [-0.25, -0.2) is 0 Å². The average Bonchev–Trinajstić information content (AvgIpc) is 2.78. The van der Waals surface area contributed by atoms with Gasteiger partial charge in [0.15, 0.2) is 11.5 Å². The van der Waals surface area contributed by atoms with Crippen molar-refractivity contribution in [2.75, 3.05) is 19.0 Å². The van der Waals surface area contributed by atoms with Crippen molar-refractivity contribution >= 4 is 17.5 Å². The Kier molecular flexibility index (Phi) is 7.22. The Balaban J connectivity index is 1.58. The third kappa shape index (κ3) is 6.05. The highest BCUT2D eigenvalue weighted by molar-refractivity contribution is 5.99. The molecule has 0 aliphatic carbocycles. The van der Waals surface area contributed by atoms with Gasteiger partial charge in [0.1, 0.15) is 6.61 Å². The number of hydrogen-bond donors (Lipinski definition) is 2. The number of nitrogens with zero attached hydrogens (tertiary/aromatic N) is 1. The molecule has 2 N–H and O–H groups in total. The number of aromatic nitrogens is 1. The molecule has 1 aromatic heterocycles. The highest BCUT2D eigenvalue weighted by Gasteiger charge is 2.11. The number of methoxy groups -OCH3 is 1. The molecule has 31 heavy (non-hydrogen) atoms. The number of pyridine rings is 1. The minimum absolute atomic E-state index is 0.149. The normalized spacial score (nSPS) is 10.3. The average molecular weight is 419 g/mol. The Hall–Kier alpha value is -3.87. The van der Waals surface area contributed by atoms with Crippen LogP contribution in [0.4, 0.5) is 5.69 Å². The Morgan fingerprint density at radius 3 is 2.55 bits per heavy atom. The molecule has 3 aromatic rings. The van der Waals surface area contributed by atoms with E-state index >= 15 is 0 Å². The van der Waals surface area contributed by atoms with E-state index in [1.54, 1.807) is 49.8 Å². The predicted molar refractivity (Wildman–Crippen MR) is 118 cm³/mol. The lowest BCUT2D eigenvalue weighted by atomic mass is 10.1. The van der Waals surface area contributed by atoms with Crippen LogP contribution in [-0.4, -0.2) is 30.5 Å². The fraction of sp³-hybridized carbons (Fsp3) is 0.208. The number of carbonyl (C=O) groups excluding carboxylic acids is 2. The van der Waals surface area contributed by atoms with Crippen LogP contribution in [0.3, 0.4) is 0 Å². The molecule has 0 atom stereocenters. The summed E-state index contributed by atoms with van der Waals surface area (Å²) in [7, 11) is 1.55. The molecule has 0 spiro atoms. The maximum atomic E-state index is 12.3. The first-order valence-electron chi connectivity index (χ1n) is 9.81. The minimum Gasteiger partial charge on any atom is -0.493 e. The molecular formula is C24H25N3O4. The van der Waals surface area contributed by atoms with E-state index in [1.807, 2.05) is 32.0 Å². The summed E-state index contributed by atoms with van der Waals surface area (Å²) < 4.78 is 11.2. The number of anilines is 1. The van der Waals surface area contributed by atoms with Gasteiger partial charge in [-0.1, -0.05) is 12.1 Å². The zero-order chi connectivity index (χ0) is 22.2. The lowest BCUT2D eigenvalue weighted by molar-refractivity contribution is -0.115. The number of hydrogen-bond acceptors (Lipinski definition) is 5. The summed E-state index contributed by atoms with van der Waals surface area (Å²) in [6.07, 6.45) is 3.41. The van der Waals surface area contributed by atoms with Crippen molar-refractivity contribution in [1.29, 1.82) is 0 Å². The number of nitrogens with one attached hydrogen (secondary N) is 2. The van der Waals surface area contributed by atoms with Gasteiger partial charge in [-0.2, -0.15) is 0 Å². The monoisotopic (exact) mass is 419 g/mol. The van der Waals surface area contributed by atoms with Gasteiger partial charge < -0.3 is 20.1 Å². The van der Waals surface area contributed by atoms with Crippen molar-refractivity contribution in [3.05, 3.63) is 83.2 Å². The van der Waals surface area contributed by atoms with Crippen molar-refractivity contribution < 1.29 is 19.1 Å². The summed E-state index contributed by atoms with van der Waals surface area (Å²) in [6, 6.07) is 14.3. The van der Waals surface area contributed by atoms with Gasteiger partial charge >= 0.3 is 0 Å². The van der Waals surface area contributed by atoms with E-state index in [9.17, 15) is 9.59 Å². The third-order valence-electron chi connectivity index (χ3n) is 4.74. The van der Waals surface area contributed by atoms with Gasteiger partial charge in [-0.05, 0) is 55.3 Å². The van der Waals surface area contributed by atoms with Crippen molar-refractivity contribution in [3.63, 3.8) is 0 Å². The molecule has 0 aliphatic heterocycles. The number of amides is 2. The molecule has 7 nitrogen and oxygen atoms in total. The summed E-state index contributed by atoms with van der Waals surface area (Å²) in [5, 5.41) is 5.39. The molecule has 2 aromatic carbocycles. The second-order valence-corrected chi connectivity index (χ2v) is 7.05. The Bertz CT molecular complexity index is 1070. The van der Waals surface area contributed by atoms with E-state index < -0.39 is 0 Å². The first-order chi connectivity index (χ1) is 15.0. The highest BCUT2D eigenvalue weighted by atomic mass is 16.5. The van der Waals surface area contributed by atoms with Gasteiger partial charge in [0.25, 0.3) is 5.91 Å². The van der Waals surface area contributed by atoms with E-state index in [4.69, 9.17) is 9.47 Å². The van der Waals surface area contributed by atoms with Crippen LogP contribution in [0.15, 0.2) is 60.9 Å². The first-order valence-corrected chi connectivity index (χ1v) is 9.81. The number of benzene rings is 2. The van der Waals surface area contributed by atoms with Crippen LogP contribution in [0, 0.1) is 13.8 Å². The van der Waals surface area contributed by atoms with Crippen molar-refractivity contribution in [2.24, 2.45) is 0 Å². The van der Waals surface area contributed by atoms with Crippen LogP contribution < -0.4 is 20.1 Å². The second kappa shape index (κ2) is 10.2. The summed E-state index contributed by atoms with van der Waals surface area (Å²) in [6.45, 7) is 4.09. The van der Waals surface area contributed by atoms with Crippen LogP contribution in [0.2, 0.25) is 0 Å². The van der Waals surface area contributed by atoms with Crippen LogP contribution in [0.5, 0.6) is 11.5 Å². The Labute approximate surface area is 181 Å². The zero-order valence-corrected chi connectivity index (χ0v) is 17.8. The van der Waals surface area contributed by atoms with E-state index in [-0.39, 0.29) is 18.4 Å². The topological polar surface area (TPSA) is 89.6 Å². The fourth-order valence-corrected chi connectivity index (χ4v) is 2.86. The van der Waals surface area contributed by atoms with Crippen molar-refractivity contribution in [1.82, 2.24) is 10.3 Å². The first kappa shape index (κ1) is 21.8. The second-order valence-electron chi connectivity index (χ2n) is 7.05. The van der Waals surface area contributed by atoms with Crippen LogP contribution in [0.25, 0.3) is 0 Å². The molecule has 0 radical (unpaired) electrons. The summed E-state index contributed by atoms with van der Waals surface area (Å²) >= 11 is 0. The predicted octanol–water partition coefficient (Wildman–Crippen LogP) is 3.65. The largest absolute Gasteiger partial charge is 0.493 e. The number of rotatable bonds is 8. The summed E-state index contributed by atoms with van der Waals surface area (Å²) in [5.74, 6) is 0.391. The van der Waals surface area contributed by atoms with Crippen LogP contribution in [-0.2, 0) is 11.4 Å². The lowest BCUT2D eigenvalue weighted by Crippen LogP contribution is -2.32. The lowest BCUT2D eigenvalue weighted by Gasteiger charge is -2.13. The smallest absolute Gasteiger partial charge is 0.251 e. The standard InChI is InChI=1S/C24H25N3O4/c1-16-6-7-19(11-17(16)2)24(29)26-14-23(28)27-20-8-9-21(30-3)22(12-20)31-15-18-5-4-10-25-13-18/h4-13H,14-15H2,1-3H3,(H,26,29)(H,27,28). The maximum Gasteiger partial charge on any atom is 0.251 e. The van der Waals surface area contributed by atoms with E-state index in [2.05, 4.69) is 15.6 Å². The number of ether oxygens (including phenoxy) is 2. The van der Waals surface area contributed by atoms with Crippen LogP contribution in [0.1, 0.15) is 27.0 Å². The molecule has 1 heterocycles. The molecule has 3 rings (SSSR count). The van der Waals surface area contributed by atoms with E-state index in [0.717, 1.165) is 16.7 Å². The van der Waals surface area contributed by atoms with Crippen molar-refractivity contribution in [3.8, 4) is 11.5 Å². The SMILES string of the molecule is COc1ccc(NC(=O)CNC(=O)c2ccc(C)c(C)c2)cc1OCc1cccnc1. The third-order valence-corrected chi connectivity index (χ3v) is 4.74. The van der Waals surface area contributed by atoms with E-state index in [0.29, 0.717) is 29.4 Å². The molecule has 0 unspecified atom stereocenters. The summed E-state index contributed by atoms with van der Waals surface area (Å²) in [4.78, 5) is 28.7. The van der Waals surface area contributed by atoms with Gasteiger partial charge in [0.05, 0.1) is 13.7 Å². The maximum absolute atomic E-state index is 12.3. The quantitative estimate of drug-likeness (QED) is 0.582. The van der Waals surface area contributed by atoms with Crippen LogP contribution >= 0.6 is 0 Å². The van der Waals surface area contributed by atoms with Crippen molar-refractivity contribution in [2.45, 2.75) is 20.5 Å². The molecule has 0 bridgehead atoms. The molecule has 7 heteroatoms. The van der Waals surface area contributed by atoms with Gasteiger partial charge in [0.2, 0.25) is 5.91 Å². The molecule has 160 valence electrons. The molecular weight excluding hydrogens is 394 g/mol. The number of carbonyl (C=O) groups is 2. The molecule has 0 fully saturated rings. The van der Waals surface area contributed by atoms with E-state index in [1.165, 1.54) is 0 Å². The fourth-order valence-electron chi connectivity index (χ4n) is 2.86. The molecule has 0 saturated heterocycles. The van der Waals surface area contributed by atoms with Gasteiger partial charge in [0, 0.05) is 35.3 Å². The highest BCUT2D eigenvalue weighted by Crippen LogP contribution is 2.30. The Morgan fingerprint density at radius 1 is 1.00 bits per heavy atom. The van der Waals surface area contributed by atoms with Gasteiger partial charge in [-0.15, -0.1) is 0 Å².